The molecule has 5 heteroatoms. The third kappa shape index (κ3) is 3.10. The summed E-state index contributed by atoms with van der Waals surface area (Å²) in [5, 5.41) is 2.81. The lowest BCUT2D eigenvalue weighted by Crippen LogP contribution is -2.34. The van der Waals surface area contributed by atoms with Gasteiger partial charge in [-0.1, -0.05) is 6.07 Å². The van der Waals surface area contributed by atoms with Crippen molar-refractivity contribution in [2.45, 2.75) is 46.3 Å². The van der Waals surface area contributed by atoms with Gasteiger partial charge in [0.25, 0.3) is 0 Å². The molecule has 0 aromatic carbocycles. The summed E-state index contributed by atoms with van der Waals surface area (Å²) >= 11 is 0. The third-order valence-electron chi connectivity index (χ3n) is 2.93. The lowest BCUT2D eigenvalue weighted by molar-refractivity contribution is 0.0505. The first-order valence-corrected chi connectivity index (χ1v) is 6.70. The van der Waals surface area contributed by atoms with Gasteiger partial charge in [0.2, 0.25) is 0 Å². The molecule has 1 amide bonds. The molecule has 2 aromatic heterocycles. The molecule has 0 aliphatic carbocycles. The van der Waals surface area contributed by atoms with E-state index in [-0.39, 0.29) is 6.04 Å². The van der Waals surface area contributed by atoms with Crippen molar-refractivity contribution in [2.24, 2.45) is 0 Å². The smallest absolute Gasteiger partial charge is 0.408 e. The van der Waals surface area contributed by atoms with Crippen molar-refractivity contribution >= 4 is 11.6 Å². The molecule has 20 heavy (non-hydrogen) atoms. The molecule has 0 spiro atoms. The standard InChI is InChI=1S/C15H21N3O2/c1-10-7-6-8-18-12(10)9-16-13(18)11(2)17-14(19)20-15(3,4)5/h6-9,11H,1-5H3,(H,17,19)/t11-/m1/s1. The van der Waals surface area contributed by atoms with Crippen LogP contribution in [0, 0.1) is 6.92 Å². The topological polar surface area (TPSA) is 55.6 Å². The number of hydrogen-bond donors (Lipinski definition) is 1. The number of aryl methyl sites for hydroxylation is 1. The van der Waals surface area contributed by atoms with Crippen molar-refractivity contribution in [1.82, 2.24) is 14.7 Å². The minimum Gasteiger partial charge on any atom is -0.444 e. The summed E-state index contributed by atoms with van der Waals surface area (Å²) in [5.74, 6) is 0.787. The highest BCUT2D eigenvalue weighted by atomic mass is 16.6. The Labute approximate surface area is 119 Å². The van der Waals surface area contributed by atoms with Gasteiger partial charge >= 0.3 is 6.09 Å². The lowest BCUT2D eigenvalue weighted by atomic mass is 10.2. The predicted molar refractivity (Wildman–Crippen MR) is 77.7 cm³/mol. The van der Waals surface area contributed by atoms with Crippen LogP contribution in [0.5, 0.6) is 0 Å². The van der Waals surface area contributed by atoms with E-state index in [1.807, 2.05) is 63.5 Å². The molecule has 2 aromatic rings. The quantitative estimate of drug-likeness (QED) is 0.915. The van der Waals surface area contributed by atoms with E-state index in [1.54, 1.807) is 0 Å². The Hall–Kier alpha value is -2.04. The summed E-state index contributed by atoms with van der Waals surface area (Å²) in [6, 6.07) is 3.77. The molecule has 0 fully saturated rings. The van der Waals surface area contributed by atoms with Gasteiger partial charge in [-0.15, -0.1) is 0 Å². The Morgan fingerprint density at radius 2 is 2.15 bits per heavy atom. The number of carbonyl (C=O) groups is 1. The molecule has 0 unspecified atom stereocenters. The first-order valence-electron chi connectivity index (χ1n) is 6.70. The summed E-state index contributed by atoms with van der Waals surface area (Å²) in [6.07, 6.45) is 3.32. The number of nitrogens with zero attached hydrogens (tertiary/aromatic N) is 2. The Balaban J connectivity index is 2.18. The molecule has 0 bridgehead atoms. The van der Waals surface area contributed by atoms with Crippen molar-refractivity contribution in [1.29, 1.82) is 0 Å². The molecule has 0 radical (unpaired) electrons. The van der Waals surface area contributed by atoms with Gasteiger partial charge in [-0.25, -0.2) is 9.78 Å². The van der Waals surface area contributed by atoms with Crippen LogP contribution in [-0.4, -0.2) is 21.1 Å². The largest absolute Gasteiger partial charge is 0.444 e. The minimum absolute atomic E-state index is 0.228. The zero-order valence-electron chi connectivity index (χ0n) is 12.6. The van der Waals surface area contributed by atoms with Crippen LogP contribution in [0.2, 0.25) is 0 Å². The summed E-state index contributed by atoms with van der Waals surface area (Å²) in [6.45, 7) is 9.44. The van der Waals surface area contributed by atoms with Crippen LogP contribution in [0.4, 0.5) is 4.79 Å². The average molecular weight is 275 g/mol. The molecule has 0 aliphatic heterocycles. The number of imidazole rings is 1. The van der Waals surface area contributed by atoms with E-state index in [2.05, 4.69) is 10.3 Å². The van der Waals surface area contributed by atoms with E-state index in [0.29, 0.717) is 0 Å². The number of nitrogens with one attached hydrogen (secondary N) is 1. The minimum atomic E-state index is -0.505. The summed E-state index contributed by atoms with van der Waals surface area (Å²) in [5.41, 5.74) is 1.69. The van der Waals surface area contributed by atoms with Gasteiger partial charge < -0.3 is 14.5 Å². The Morgan fingerprint density at radius 3 is 2.80 bits per heavy atom. The molecule has 1 atom stereocenters. The fraction of sp³-hybridized carbons (Fsp3) is 0.467. The van der Waals surface area contributed by atoms with Crippen LogP contribution in [-0.2, 0) is 4.74 Å². The van der Waals surface area contributed by atoms with E-state index in [0.717, 1.165) is 16.9 Å². The van der Waals surface area contributed by atoms with Gasteiger partial charge in [0.05, 0.1) is 17.8 Å². The van der Waals surface area contributed by atoms with E-state index < -0.39 is 11.7 Å². The summed E-state index contributed by atoms with van der Waals surface area (Å²) < 4.78 is 7.24. The number of rotatable bonds is 2. The zero-order chi connectivity index (χ0) is 14.9. The highest BCUT2D eigenvalue weighted by Crippen LogP contribution is 2.17. The van der Waals surface area contributed by atoms with Gasteiger partial charge in [-0.3, -0.25) is 0 Å². The van der Waals surface area contributed by atoms with Crippen LogP contribution in [0.3, 0.4) is 0 Å². The molecular weight excluding hydrogens is 254 g/mol. The molecule has 1 N–H and O–H groups in total. The average Bonchev–Trinajstić information content (AvgIpc) is 2.71. The van der Waals surface area contributed by atoms with Crippen molar-refractivity contribution < 1.29 is 9.53 Å². The number of pyridine rings is 1. The summed E-state index contributed by atoms with van der Waals surface area (Å²) in [7, 11) is 0. The highest BCUT2D eigenvalue weighted by molar-refractivity contribution is 5.68. The zero-order valence-corrected chi connectivity index (χ0v) is 12.6. The number of aromatic nitrogens is 2. The fourth-order valence-corrected chi connectivity index (χ4v) is 2.05. The Bertz CT molecular complexity index is 626. The molecule has 108 valence electrons. The Kier molecular flexibility index (Phi) is 3.70. The molecule has 0 saturated heterocycles. The van der Waals surface area contributed by atoms with E-state index in [1.165, 1.54) is 0 Å². The number of carbonyl (C=O) groups excluding carboxylic acids is 1. The van der Waals surface area contributed by atoms with E-state index in [9.17, 15) is 4.79 Å². The van der Waals surface area contributed by atoms with E-state index >= 15 is 0 Å². The maximum absolute atomic E-state index is 11.8. The van der Waals surface area contributed by atoms with Gasteiger partial charge in [-0.05, 0) is 46.2 Å². The van der Waals surface area contributed by atoms with Crippen molar-refractivity contribution in [2.75, 3.05) is 0 Å². The third-order valence-corrected chi connectivity index (χ3v) is 2.93. The number of alkyl carbamates (subject to hydrolysis) is 1. The first kappa shape index (κ1) is 14.4. The van der Waals surface area contributed by atoms with Crippen LogP contribution in [0.15, 0.2) is 24.5 Å². The second-order valence-electron chi connectivity index (χ2n) is 5.93. The lowest BCUT2D eigenvalue weighted by Gasteiger charge is -2.21. The van der Waals surface area contributed by atoms with Crippen molar-refractivity contribution in [3.8, 4) is 0 Å². The normalized spacial score (nSPS) is 13.2. The maximum Gasteiger partial charge on any atom is 0.408 e. The highest BCUT2D eigenvalue weighted by Gasteiger charge is 2.20. The second-order valence-corrected chi connectivity index (χ2v) is 5.93. The number of hydrogen-bond acceptors (Lipinski definition) is 3. The van der Waals surface area contributed by atoms with Crippen LogP contribution in [0.1, 0.15) is 45.1 Å². The first-order chi connectivity index (χ1) is 9.28. The molecule has 0 aliphatic rings. The van der Waals surface area contributed by atoms with Crippen molar-refractivity contribution in [3.63, 3.8) is 0 Å². The SMILES string of the molecule is Cc1cccn2c([C@@H](C)NC(=O)OC(C)(C)C)ncc12. The van der Waals surface area contributed by atoms with Gasteiger partial charge in [0, 0.05) is 6.20 Å². The van der Waals surface area contributed by atoms with Gasteiger partial charge in [0.15, 0.2) is 0 Å². The van der Waals surface area contributed by atoms with Gasteiger partial charge in [-0.2, -0.15) is 0 Å². The van der Waals surface area contributed by atoms with Crippen LogP contribution < -0.4 is 5.32 Å². The van der Waals surface area contributed by atoms with Crippen molar-refractivity contribution in [3.05, 3.63) is 35.9 Å². The van der Waals surface area contributed by atoms with Crippen LogP contribution in [0.25, 0.3) is 5.52 Å². The maximum atomic E-state index is 11.8. The summed E-state index contributed by atoms with van der Waals surface area (Å²) in [4.78, 5) is 16.2. The van der Waals surface area contributed by atoms with Crippen LogP contribution >= 0.6 is 0 Å². The molecular formula is C15H21N3O2. The number of amides is 1. The monoisotopic (exact) mass is 275 g/mol. The molecule has 5 nitrogen and oxygen atoms in total. The van der Waals surface area contributed by atoms with E-state index in [4.69, 9.17) is 4.74 Å². The molecule has 0 saturated carbocycles. The number of ether oxygens (including phenoxy) is 1. The molecule has 2 heterocycles. The Morgan fingerprint density at radius 1 is 1.45 bits per heavy atom. The molecule has 2 rings (SSSR count). The second kappa shape index (κ2) is 5.15. The predicted octanol–water partition coefficient (Wildman–Crippen LogP) is 3.23. The van der Waals surface area contributed by atoms with Gasteiger partial charge in [0.1, 0.15) is 11.4 Å². The number of fused-ring (bicyclic) bond motifs is 1. The fourth-order valence-electron chi connectivity index (χ4n) is 2.05.